The molecular weight excluding hydrogens is 387 g/mol. The van der Waals surface area contributed by atoms with Gasteiger partial charge in [0.1, 0.15) is 11.6 Å². The molecule has 2 heterocycles. The first-order valence-corrected chi connectivity index (χ1v) is 8.62. The lowest BCUT2D eigenvalue weighted by molar-refractivity contribution is -0.274. The van der Waals surface area contributed by atoms with Crippen molar-refractivity contribution < 1.29 is 23.0 Å². The molecule has 10 heteroatoms. The van der Waals surface area contributed by atoms with Gasteiger partial charge in [-0.15, -0.1) is 13.2 Å². The summed E-state index contributed by atoms with van der Waals surface area (Å²) in [6.45, 7) is 1.63. The molecule has 0 bridgehead atoms. The standard InChI is InChI=1S/C19H18F3N5O2/c1-12(11-28)24-18-26-16(13-5-7-23-8-6-13)10-17(27-18)25-14-3-2-4-15(9-14)29-19(20,21)22/h2-10,12,28H,11H2,1H3,(H2,24,25,26,27)/t12-/m1/s1. The van der Waals surface area contributed by atoms with Crippen molar-refractivity contribution in [3.63, 3.8) is 0 Å². The number of alkyl halides is 3. The molecule has 0 aliphatic rings. The van der Waals surface area contributed by atoms with E-state index in [-0.39, 0.29) is 24.3 Å². The van der Waals surface area contributed by atoms with Crippen LogP contribution in [-0.4, -0.2) is 39.1 Å². The summed E-state index contributed by atoms with van der Waals surface area (Å²) in [7, 11) is 0. The minimum atomic E-state index is -4.78. The number of anilines is 3. The monoisotopic (exact) mass is 405 g/mol. The maximum Gasteiger partial charge on any atom is 0.573 e. The number of hydrogen-bond acceptors (Lipinski definition) is 7. The van der Waals surface area contributed by atoms with Crippen LogP contribution in [0.4, 0.5) is 30.6 Å². The van der Waals surface area contributed by atoms with Crippen molar-refractivity contribution in [3.05, 3.63) is 54.9 Å². The highest BCUT2D eigenvalue weighted by molar-refractivity contribution is 5.67. The van der Waals surface area contributed by atoms with Crippen molar-refractivity contribution in [1.82, 2.24) is 15.0 Å². The van der Waals surface area contributed by atoms with Crippen molar-refractivity contribution >= 4 is 17.5 Å². The molecule has 0 aliphatic heterocycles. The number of nitrogens with zero attached hydrogens (tertiary/aromatic N) is 3. The average molecular weight is 405 g/mol. The highest BCUT2D eigenvalue weighted by Crippen LogP contribution is 2.28. The highest BCUT2D eigenvalue weighted by Gasteiger charge is 2.31. The number of hydrogen-bond donors (Lipinski definition) is 3. The van der Waals surface area contributed by atoms with Gasteiger partial charge in [0, 0.05) is 41.8 Å². The number of aliphatic hydroxyl groups excluding tert-OH is 1. The zero-order chi connectivity index (χ0) is 20.9. The van der Waals surface area contributed by atoms with Gasteiger partial charge in [-0.2, -0.15) is 4.98 Å². The van der Waals surface area contributed by atoms with Crippen molar-refractivity contribution in [1.29, 1.82) is 0 Å². The van der Waals surface area contributed by atoms with Crippen LogP contribution in [0, 0.1) is 0 Å². The SMILES string of the molecule is C[C@H](CO)Nc1nc(Nc2cccc(OC(F)(F)F)c2)cc(-c2ccncc2)n1. The molecule has 0 amide bonds. The minimum Gasteiger partial charge on any atom is -0.406 e. The zero-order valence-corrected chi connectivity index (χ0v) is 15.3. The van der Waals surface area contributed by atoms with Crippen LogP contribution in [0.5, 0.6) is 5.75 Å². The Morgan fingerprint density at radius 1 is 1.10 bits per heavy atom. The summed E-state index contributed by atoms with van der Waals surface area (Å²) in [6.07, 6.45) is -1.54. The second kappa shape index (κ2) is 8.74. The molecule has 2 aromatic heterocycles. The number of halogens is 3. The van der Waals surface area contributed by atoms with Crippen molar-refractivity contribution in [2.75, 3.05) is 17.2 Å². The van der Waals surface area contributed by atoms with E-state index >= 15 is 0 Å². The molecule has 0 aliphatic carbocycles. The number of benzene rings is 1. The Morgan fingerprint density at radius 2 is 1.86 bits per heavy atom. The summed E-state index contributed by atoms with van der Waals surface area (Å²) in [5, 5.41) is 15.2. The second-order valence-electron chi connectivity index (χ2n) is 6.13. The number of rotatable bonds is 7. The van der Waals surface area contributed by atoms with Crippen LogP contribution in [0.15, 0.2) is 54.9 Å². The Kier molecular flexibility index (Phi) is 6.13. The Morgan fingerprint density at radius 3 is 2.55 bits per heavy atom. The molecule has 1 aromatic carbocycles. The molecule has 29 heavy (non-hydrogen) atoms. The fourth-order valence-electron chi connectivity index (χ4n) is 2.43. The first kappa shape index (κ1) is 20.3. The fraction of sp³-hybridized carbons (Fsp3) is 0.211. The van der Waals surface area contributed by atoms with E-state index in [1.807, 2.05) is 0 Å². The van der Waals surface area contributed by atoms with Gasteiger partial charge in [-0.3, -0.25) is 4.98 Å². The Bertz CT molecular complexity index is 954. The summed E-state index contributed by atoms with van der Waals surface area (Å²) in [5.41, 5.74) is 1.70. The molecule has 0 unspecified atom stereocenters. The van der Waals surface area contributed by atoms with Crippen molar-refractivity contribution in [2.24, 2.45) is 0 Å². The smallest absolute Gasteiger partial charge is 0.406 e. The van der Waals surface area contributed by atoms with Crippen LogP contribution >= 0.6 is 0 Å². The summed E-state index contributed by atoms with van der Waals surface area (Å²) in [5.74, 6) is 0.257. The molecule has 152 valence electrons. The maximum atomic E-state index is 12.5. The van der Waals surface area contributed by atoms with E-state index in [1.165, 1.54) is 18.2 Å². The molecule has 0 radical (unpaired) electrons. The third kappa shape index (κ3) is 6.04. The molecule has 7 nitrogen and oxygen atoms in total. The Balaban J connectivity index is 1.92. The van der Waals surface area contributed by atoms with E-state index in [0.717, 1.165) is 5.56 Å². The van der Waals surface area contributed by atoms with Crippen molar-refractivity contribution in [3.8, 4) is 17.0 Å². The Labute approximate surface area is 164 Å². The molecular formula is C19H18F3N5O2. The quantitative estimate of drug-likeness (QED) is 0.548. The van der Waals surface area contributed by atoms with Gasteiger partial charge >= 0.3 is 6.36 Å². The van der Waals surface area contributed by atoms with E-state index in [4.69, 9.17) is 0 Å². The van der Waals surface area contributed by atoms with Crippen LogP contribution in [0.2, 0.25) is 0 Å². The van der Waals surface area contributed by atoms with E-state index in [0.29, 0.717) is 17.2 Å². The molecule has 0 fully saturated rings. The summed E-state index contributed by atoms with van der Waals surface area (Å²) >= 11 is 0. The lowest BCUT2D eigenvalue weighted by atomic mass is 10.2. The zero-order valence-electron chi connectivity index (χ0n) is 15.3. The van der Waals surface area contributed by atoms with E-state index in [9.17, 15) is 18.3 Å². The number of aliphatic hydroxyl groups is 1. The molecule has 0 saturated carbocycles. The lowest BCUT2D eigenvalue weighted by Crippen LogP contribution is -2.21. The van der Waals surface area contributed by atoms with Crippen LogP contribution in [-0.2, 0) is 0 Å². The average Bonchev–Trinajstić information content (AvgIpc) is 2.67. The van der Waals surface area contributed by atoms with Gasteiger partial charge in [-0.1, -0.05) is 6.07 Å². The van der Waals surface area contributed by atoms with Crippen LogP contribution in [0.25, 0.3) is 11.3 Å². The van der Waals surface area contributed by atoms with Gasteiger partial charge in [0.05, 0.1) is 12.3 Å². The molecule has 3 N–H and O–H groups in total. The number of aromatic nitrogens is 3. The summed E-state index contributed by atoms with van der Waals surface area (Å²) in [4.78, 5) is 12.7. The minimum absolute atomic E-state index is 0.123. The first-order chi connectivity index (χ1) is 13.8. The third-order valence-electron chi connectivity index (χ3n) is 3.69. The highest BCUT2D eigenvalue weighted by atomic mass is 19.4. The Hall–Kier alpha value is -3.40. The van der Waals surface area contributed by atoms with Gasteiger partial charge < -0.3 is 20.5 Å². The van der Waals surface area contributed by atoms with Gasteiger partial charge in [-0.05, 0) is 31.2 Å². The fourth-order valence-corrected chi connectivity index (χ4v) is 2.43. The second-order valence-corrected chi connectivity index (χ2v) is 6.13. The lowest BCUT2D eigenvalue weighted by Gasteiger charge is -2.15. The third-order valence-corrected chi connectivity index (χ3v) is 3.69. The predicted octanol–water partition coefficient (Wildman–Crippen LogP) is 3.97. The topological polar surface area (TPSA) is 92.2 Å². The number of ether oxygens (including phenoxy) is 1. The summed E-state index contributed by atoms with van der Waals surface area (Å²) < 4.78 is 41.3. The van der Waals surface area contributed by atoms with Gasteiger partial charge in [0.15, 0.2) is 0 Å². The normalized spacial score (nSPS) is 12.3. The van der Waals surface area contributed by atoms with Gasteiger partial charge in [-0.25, -0.2) is 4.98 Å². The van der Waals surface area contributed by atoms with E-state index < -0.39 is 6.36 Å². The molecule has 1 atom stereocenters. The molecule has 3 rings (SSSR count). The number of pyridine rings is 1. The molecule has 0 spiro atoms. The van der Waals surface area contributed by atoms with Crippen molar-refractivity contribution in [2.45, 2.75) is 19.3 Å². The number of nitrogens with one attached hydrogen (secondary N) is 2. The van der Waals surface area contributed by atoms with Crippen LogP contribution in [0.1, 0.15) is 6.92 Å². The molecule has 3 aromatic rings. The first-order valence-electron chi connectivity index (χ1n) is 8.62. The maximum absolute atomic E-state index is 12.5. The van der Waals surface area contributed by atoms with Crippen LogP contribution in [0.3, 0.4) is 0 Å². The molecule has 0 saturated heterocycles. The predicted molar refractivity (Wildman–Crippen MR) is 102 cm³/mol. The van der Waals surface area contributed by atoms with Gasteiger partial charge in [0.2, 0.25) is 5.95 Å². The van der Waals surface area contributed by atoms with Gasteiger partial charge in [0.25, 0.3) is 0 Å². The van der Waals surface area contributed by atoms with E-state index in [1.54, 1.807) is 43.6 Å². The largest absolute Gasteiger partial charge is 0.573 e. The van der Waals surface area contributed by atoms with E-state index in [2.05, 4.69) is 30.3 Å². The van der Waals surface area contributed by atoms with Crippen LogP contribution < -0.4 is 15.4 Å². The summed E-state index contributed by atoms with van der Waals surface area (Å²) in [6, 6.07) is 10.3.